The van der Waals surface area contributed by atoms with Crippen LogP contribution < -0.4 is 5.32 Å². The molecule has 4 rings (SSSR count). The number of aromatic nitrogens is 5. The second-order valence-corrected chi connectivity index (χ2v) is 6.06. The average Bonchev–Trinajstić information content (AvgIpc) is 3.34. The molecule has 1 aliphatic rings. The van der Waals surface area contributed by atoms with Gasteiger partial charge in [0.2, 0.25) is 5.82 Å². The Labute approximate surface area is 144 Å². The highest BCUT2D eigenvalue weighted by molar-refractivity contribution is 5.92. The van der Waals surface area contributed by atoms with E-state index in [1.54, 1.807) is 47.6 Å². The fourth-order valence-corrected chi connectivity index (χ4v) is 3.17. The average molecular weight is 338 g/mol. The second kappa shape index (κ2) is 6.84. The van der Waals surface area contributed by atoms with Gasteiger partial charge in [-0.3, -0.25) is 9.78 Å². The van der Waals surface area contributed by atoms with Crippen LogP contribution in [0.25, 0.3) is 11.6 Å². The van der Waals surface area contributed by atoms with Crippen molar-refractivity contribution in [1.29, 1.82) is 0 Å². The lowest BCUT2D eigenvalue weighted by atomic mass is 9.90. The second-order valence-electron chi connectivity index (χ2n) is 6.06. The van der Waals surface area contributed by atoms with E-state index in [1.807, 2.05) is 0 Å². The Balaban J connectivity index is 1.52. The summed E-state index contributed by atoms with van der Waals surface area (Å²) in [6, 6.07) is 8.79. The van der Waals surface area contributed by atoms with Crippen LogP contribution in [0.4, 0.5) is 0 Å². The maximum Gasteiger partial charge on any atom is 0.270 e. The highest BCUT2D eigenvalue weighted by atomic mass is 16.3. The first-order valence-corrected chi connectivity index (χ1v) is 8.36. The van der Waals surface area contributed by atoms with Crippen LogP contribution in [0.5, 0.6) is 0 Å². The van der Waals surface area contributed by atoms with Gasteiger partial charge in [-0.25, -0.2) is 0 Å². The normalized spacial score (nSPS) is 20.3. The maximum absolute atomic E-state index is 12.4. The predicted octanol–water partition coefficient (Wildman–Crippen LogP) is 2.24. The summed E-state index contributed by atoms with van der Waals surface area (Å²) in [6.07, 6.45) is 7.08. The molecule has 0 aromatic carbocycles. The molecule has 3 aromatic rings. The summed E-state index contributed by atoms with van der Waals surface area (Å²) in [7, 11) is 0. The number of amides is 1. The molecule has 8 nitrogen and oxygen atoms in total. The first-order valence-electron chi connectivity index (χ1n) is 8.36. The Hall–Kier alpha value is -3.03. The Morgan fingerprint density at radius 1 is 1.20 bits per heavy atom. The van der Waals surface area contributed by atoms with E-state index in [4.69, 9.17) is 4.42 Å². The zero-order valence-corrected chi connectivity index (χ0v) is 13.6. The van der Waals surface area contributed by atoms with Gasteiger partial charge in [0, 0.05) is 6.20 Å². The Kier molecular flexibility index (Phi) is 4.24. The van der Waals surface area contributed by atoms with E-state index in [0.717, 1.165) is 25.7 Å². The fraction of sp³-hybridized carbons (Fsp3) is 0.353. The molecule has 0 bridgehead atoms. The molecule has 0 saturated heterocycles. The van der Waals surface area contributed by atoms with Crippen LogP contribution in [0.1, 0.15) is 42.2 Å². The quantitative estimate of drug-likeness (QED) is 0.783. The number of nitrogens with zero attached hydrogens (tertiary/aromatic N) is 5. The first kappa shape index (κ1) is 15.5. The summed E-state index contributed by atoms with van der Waals surface area (Å²) in [4.78, 5) is 18.1. The third-order valence-electron chi connectivity index (χ3n) is 4.41. The van der Waals surface area contributed by atoms with Gasteiger partial charge >= 0.3 is 0 Å². The topological polar surface area (TPSA) is 98.7 Å². The lowest BCUT2D eigenvalue weighted by molar-refractivity contribution is 0.0895. The molecule has 0 unspecified atom stereocenters. The van der Waals surface area contributed by atoms with Crippen LogP contribution in [-0.2, 0) is 0 Å². The Bertz CT molecular complexity index is 830. The van der Waals surface area contributed by atoms with Crippen molar-refractivity contribution in [3.05, 3.63) is 48.5 Å². The van der Waals surface area contributed by atoms with E-state index in [0.29, 0.717) is 17.3 Å². The molecule has 2 atom stereocenters. The number of tetrazole rings is 1. The van der Waals surface area contributed by atoms with Crippen molar-refractivity contribution >= 4 is 5.91 Å². The smallest absolute Gasteiger partial charge is 0.270 e. The molecule has 8 heteroatoms. The van der Waals surface area contributed by atoms with Gasteiger partial charge in [0.15, 0.2) is 5.76 Å². The molecule has 1 fully saturated rings. The zero-order valence-electron chi connectivity index (χ0n) is 13.6. The van der Waals surface area contributed by atoms with Crippen molar-refractivity contribution in [3.63, 3.8) is 0 Å². The van der Waals surface area contributed by atoms with Crippen LogP contribution in [0.3, 0.4) is 0 Å². The van der Waals surface area contributed by atoms with Crippen LogP contribution in [0.2, 0.25) is 0 Å². The third kappa shape index (κ3) is 3.28. The molecule has 128 valence electrons. The standard InChI is InChI=1S/C17H18N6O2/c24-17(13-7-3-4-10-18-13)19-12-6-1-2-8-14(12)23-21-16(20-22-23)15-9-5-11-25-15/h3-5,7,9-12,14H,1-2,6,8H2,(H,19,24)/t12-,14-/m0/s1. The number of carbonyl (C=O) groups excluding carboxylic acids is 1. The molecule has 3 aromatic heterocycles. The van der Waals surface area contributed by atoms with Crippen LogP contribution >= 0.6 is 0 Å². The summed E-state index contributed by atoms with van der Waals surface area (Å²) in [5.74, 6) is 0.852. The summed E-state index contributed by atoms with van der Waals surface area (Å²) >= 11 is 0. The monoisotopic (exact) mass is 338 g/mol. The van der Waals surface area contributed by atoms with Crippen LogP contribution in [-0.4, -0.2) is 37.1 Å². The van der Waals surface area contributed by atoms with E-state index in [2.05, 4.69) is 25.7 Å². The lowest BCUT2D eigenvalue weighted by Gasteiger charge is -2.30. The minimum Gasteiger partial charge on any atom is -0.461 e. The van der Waals surface area contributed by atoms with Crippen LogP contribution in [0, 0.1) is 0 Å². The number of hydrogen-bond acceptors (Lipinski definition) is 6. The van der Waals surface area contributed by atoms with E-state index in [9.17, 15) is 4.79 Å². The fourth-order valence-electron chi connectivity index (χ4n) is 3.17. The number of rotatable bonds is 4. The number of hydrogen-bond donors (Lipinski definition) is 1. The van der Waals surface area contributed by atoms with E-state index < -0.39 is 0 Å². The molecule has 0 radical (unpaired) electrons. The predicted molar refractivity (Wildman–Crippen MR) is 88.5 cm³/mol. The highest BCUT2D eigenvalue weighted by Gasteiger charge is 2.30. The number of pyridine rings is 1. The molecule has 0 aliphatic heterocycles. The molecule has 25 heavy (non-hydrogen) atoms. The van der Waals surface area contributed by atoms with Crippen molar-refractivity contribution in [2.45, 2.75) is 37.8 Å². The Morgan fingerprint density at radius 3 is 2.92 bits per heavy atom. The summed E-state index contributed by atoms with van der Waals surface area (Å²) in [5, 5.41) is 15.8. The van der Waals surface area contributed by atoms with Gasteiger partial charge in [0.25, 0.3) is 5.91 Å². The van der Waals surface area contributed by atoms with E-state index in [1.165, 1.54) is 0 Å². The lowest BCUT2D eigenvalue weighted by Crippen LogP contribution is -2.44. The van der Waals surface area contributed by atoms with Gasteiger partial charge in [0.1, 0.15) is 5.69 Å². The molecule has 1 saturated carbocycles. The highest BCUT2D eigenvalue weighted by Crippen LogP contribution is 2.28. The minimum atomic E-state index is -0.177. The molecule has 1 N–H and O–H groups in total. The van der Waals surface area contributed by atoms with E-state index >= 15 is 0 Å². The largest absolute Gasteiger partial charge is 0.461 e. The number of carbonyl (C=O) groups is 1. The zero-order chi connectivity index (χ0) is 17.1. The minimum absolute atomic E-state index is 0.0300. The van der Waals surface area contributed by atoms with Crippen molar-refractivity contribution in [2.75, 3.05) is 0 Å². The maximum atomic E-state index is 12.4. The molecule has 1 aliphatic carbocycles. The van der Waals surface area contributed by atoms with Gasteiger partial charge in [-0.05, 0) is 42.3 Å². The molecule has 1 amide bonds. The first-order chi connectivity index (χ1) is 12.3. The van der Waals surface area contributed by atoms with Gasteiger partial charge in [0.05, 0.1) is 18.3 Å². The number of furan rings is 1. The van der Waals surface area contributed by atoms with Crippen molar-refractivity contribution in [1.82, 2.24) is 30.5 Å². The Morgan fingerprint density at radius 2 is 2.12 bits per heavy atom. The molecule has 0 spiro atoms. The molecular formula is C17H18N6O2. The third-order valence-corrected chi connectivity index (χ3v) is 4.41. The van der Waals surface area contributed by atoms with Crippen molar-refractivity contribution < 1.29 is 9.21 Å². The summed E-state index contributed by atoms with van der Waals surface area (Å²) in [5.41, 5.74) is 0.412. The molecular weight excluding hydrogens is 320 g/mol. The van der Waals surface area contributed by atoms with Crippen molar-refractivity contribution in [2.24, 2.45) is 0 Å². The van der Waals surface area contributed by atoms with Gasteiger partial charge in [-0.2, -0.15) is 4.80 Å². The summed E-state index contributed by atoms with van der Waals surface area (Å²) < 4.78 is 5.31. The van der Waals surface area contributed by atoms with Gasteiger partial charge < -0.3 is 9.73 Å². The number of nitrogens with one attached hydrogen (secondary N) is 1. The summed E-state index contributed by atoms with van der Waals surface area (Å²) in [6.45, 7) is 0. The van der Waals surface area contributed by atoms with Crippen LogP contribution in [0.15, 0.2) is 47.2 Å². The van der Waals surface area contributed by atoms with E-state index in [-0.39, 0.29) is 18.0 Å². The van der Waals surface area contributed by atoms with Gasteiger partial charge in [-0.15, -0.1) is 10.2 Å². The van der Waals surface area contributed by atoms with Gasteiger partial charge in [-0.1, -0.05) is 18.9 Å². The SMILES string of the molecule is O=C(N[C@H]1CCCC[C@@H]1n1nnc(-c2ccco2)n1)c1ccccn1. The van der Waals surface area contributed by atoms with Crippen molar-refractivity contribution in [3.8, 4) is 11.6 Å². The molecule has 3 heterocycles.